The molecule has 0 bridgehead atoms. The van der Waals surface area contributed by atoms with E-state index in [9.17, 15) is 9.90 Å². The minimum Gasteiger partial charge on any atom is -0.545 e. The molecule has 0 amide bonds. The Kier molecular flexibility index (Phi) is 6.65. The van der Waals surface area contributed by atoms with Gasteiger partial charge in [0.1, 0.15) is 5.75 Å². The first-order valence-corrected chi connectivity index (χ1v) is 4.54. The minimum atomic E-state index is -1.20. The number of ether oxygens (including phenoxy) is 1. The van der Waals surface area contributed by atoms with Crippen molar-refractivity contribution in [1.82, 2.24) is 0 Å². The molecule has 0 saturated carbocycles. The molecule has 0 N–H and O–H groups in total. The zero-order chi connectivity index (χ0) is 10.6. The molecule has 1 aromatic rings. The Labute approximate surface area is 112 Å². The first kappa shape index (κ1) is 14.5. The average Bonchev–Trinajstić information content (AvgIpc) is 2.15. The molecule has 15 heavy (non-hydrogen) atoms. The molecule has 1 rings (SSSR count). The summed E-state index contributed by atoms with van der Waals surface area (Å²) in [5.41, 5.74) is 0.105. The molecule has 3 nitrogen and oxygen atoms in total. The molecule has 0 aliphatic carbocycles. The van der Waals surface area contributed by atoms with Crippen LogP contribution in [0.4, 0.5) is 0 Å². The van der Waals surface area contributed by atoms with Gasteiger partial charge in [0.05, 0.1) is 12.6 Å². The number of para-hydroxylation sites is 1. The maximum Gasteiger partial charge on any atom is 1.00 e. The molecule has 76 valence electrons. The number of carboxylic acids is 1. The normalized spacial score (nSPS) is 9.53. The Morgan fingerprint density at radius 3 is 2.53 bits per heavy atom. The van der Waals surface area contributed by atoms with Crippen molar-refractivity contribution < 1.29 is 44.2 Å². The number of benzene rings is 1. The van der Waals surface area contributed by atoms with Crippen LogP contribution in [-0.4, -0.2) is 12.6 Å². The van der Waals surface area contributed by atoms with Crippen molar-refractivity contribution in [3.05, 3.63) is 29.8 Å². The van der Waals surface area contributed by atoms with Crippen molar-refractivity contribution in [2.24, 2.45) is 5.92 Å². The van der Waals surface area contributed by atoms with Crippen LogP contribution in [0.25, 0.3) is 0 Å². The van der Waals surface area contributed by atoms with Crippen LogP contribution < -0.4 is 39.4 Å². The fourth-order valence-corrected chi connectivity index (χ4v) is 1.02. The third-order valence-electron chi connectivity index (χ3n) is 1.68. The number of hydrogen-bond acceptors (Lipinski definition) is 3. The molecular weight excluding hydrogens is 203 g/mol. The third-order valence-corrected chi connectivity index (χ3v) is 1.68. The molecule has 0 aliphatic rings. The minimum absolute atomic E-state index is 0. The second-order valence-corrected chi connectivity index (χ2v) is 3.49. The van der Waals surface area contributed by atoms with Crippen LogP contribution >= 0.6 is 0 Å². The van der Waals surface area contributed by atoms with Gasteiger partial charge in [0.15, 0.2) is 0 Å². The van der Waals surface area contributed by atoms with Crippen LogP contribution in [0.2, 0.25) is 0 Å². The van der Waals surface area contributed by atoms with Gasteiger partial charge in [-0.15, -0.1) is 0 Å². The zero-order valence-electron chi connectivity index (χ0n) is 9.32. The fraction of sp³-hybridized carbons (Fsp3) is 0.364. The Bertz CT molecular complexity index is 323. The van der Waals surface area contributed by atoms with E-state index < -0.39 is 5.97 Å². The molecule has 4 heteroatoms. The zero-order valence-corrected chi connectivity index (χ0v) is 11.3. The van der Waals surface area contributed by atoms with Crippen molar-refractivity contribution in [3.8, 4) is 5.75 Å². The summed E-state index contributed by atoms with van der Waals surface area (Å²) in [6, 6.07) is 6.49. The molecule has 0 atom stereocenters. The van der Waals surface area contributed by atoms with Gasteiger partial charge < -0.3 is 14.6 Å². The summed E-state index contributed by atoms with van der Waals surface area (Å²) >= 11 is 0. The largest absolute Gasteiger partial charge is 1.00 e. The number of carboxylic acid groups (broad SMARTS) is 1. The van der Waals surface area contributed by atoms with E-state index in [2.05, 4.69) is 0 Å². The van der Waals surface area contributed by atoms with Gasteiger partial charge in [-0.25, -0.2) is 0 Å². The molecule has 0 saturated heterocycles. The molecule has 0 aromatic heterocycles. The van der Waals surface area contributed by atoms with Crippen molar-refractivity contribution >= 4 is 5.97 Å². The van der Waals surface area contributed by atoms with Gasteiger partial charge >= 0.3 is 29.6 Å². The van der Waals surface area contributed by atoms with Crippen LogP contribution in [0.15, 0.2) is 24.3 Å². The molecule has 0 radical (unpaired) electrons. The number of carbonyl (C=O) groups excluding carboxylic acids is 1. The van der Waals surface area contributed by atoms with Gasteiger partial charge in [-0.3, -0.25) is 0 Å². The Hall–Kier alpha value is -0.510. The van der Waals surface area contributed by atoms with Gasteiger partial charge in [-0.1, -0.05) is 26.0 Å². The summed E-state index contributed by atoms with van der Waals surface area (Å²) in [5, 5.41) is 10.7. The van der Waals surface area contributed by atoms with Crippen LogP contribution in [0.5, 0.6) is 5.75 Å². The fourth-order valence-electron chi connectivity index (χ4n) is 1.02. The predicted octanol–water partition coefficient (Wildman–Crippen LogP) is -1.91. The van der Waals surface area contributed by atoms with E-state index in [1.165, 1.54) is 6.07 Å². The van der Waals surface area contributed by atoms with Crippen molar-refractivity contribution in [3.63, 3.8) is 0 Å². The van der Waals surface area contributed by atoms with E-state index in [1.807, 2.05) is 13.8 Å². The molecule has 1 aromatic carbocycles. The number of rotatable bonds is 4. The van der Waals surface area contributed by atoms with Crippen molar-refractivity contribution in [2.75, 3.05) is 6.61 Å². The smallest absolute Gasteiger partial charge is 0.545 e. The molecular formula is C11H13NaO3. The molecule has 0 unspecified atom stereocenters. The SMILES string of the molecule is CC(C)COc1ccccc1C(=O)[O-].[Na+]. The van der Waals surface area contributed by atoms with Crippen molar-refractivity contribution in [1.29, 1.82) is 0 Å². The summed E-state index contributed by atoms with van der Waals surface area (Å²) in [7, 11) is 0. The quantitative estimate of drug-likeness (QED) is 0.552. The maximum atomic E-state index is 10.7. The van der Waals surface area contributed by atoms with E-state index in [4.69, 9.17) is 4.74 Å². The number of aromatic carboxylic acids is 1. The average molecular weight is 216 g/mol. The second kappa shape index (κ2) is 6.88. The van der Waals surface area contributed by atoms with Crippen LogP contribution in [-0.2, 0) is 0 Å². The van der Waals surface area contributed by atoms with Gasteiger partial charge in [-0.05, 0) is 18.1 Å². The Morgan fingerprint density at radius 1 is 1.40 bits per heavy atom. The van der Waals surface area contributed by atoms with Gasteiger partial charge in [-0.2, -0.15) is 0 Å². The van der Waals surface area contributed by atoms with Gasteiger partial charge in [0.25, 0.3) is 0 Å². The van der Waals surface area contributed by atoms with Gasteiger partial charge in [0.2, 0.25) is 0 Å². The van der Waals surface area contributed by atoms with Crippen molar-refractivity contribution in [2.45, 2.75) is 13.8 Å². The van der Waals surface area contributed by atoms with E-state index >= 15 is 0 Å². The van der Waals surface area contributed by atoms with Gasteiger partial charge in [0, 0.05) is 5.56 Å². The summed E-state index contributed by atoms with van der Waals surface area (Å²) in [6.07, 6.45) is 0. The first-order chi connectivity index (χ1) is 6.61. The number of hydrogen-bond donors (Lipinski definition) is 0. The topological polar surface area (TPSA) is 49.4 Å². The summed E-state index contributed by atoms with van der Waals surface area (Å²) in [6.45, 7) is 4.51. The third kappa shape index (κ3) is 4.69. The monoisotopic (exact) mass is 216 g/mol. The first-order valence-electron chi connectivity index (χ1n) is 4.54. The second-order valence-electron chi connectivity index (χ2n) is 3.49. The predicted molar refractivity (Wildman–Crippen MR) is 51.1 cm³/mol. The summed E-state index contributed by atoms with van der Waals surface area (Å²) in [4.78, 5) is 10.7. The van der Waals surface area contributed by atoms with Crippen LogP contribution in [0, 0.1) is 5.92 Å². The van der Waals surface area contributed by atoms with Crippen LogP contribution in [0.3, 0.4) is 0 Å². The number of carbonyl (C=O) groups is 1. The summed E-state index contributed by atoms with van der Waals surface area (Å²) < 4.78 is 5.34. The molecule has 0 aliphatic heterocycles. The standard InChI is InChI=1S/C11H14O3.Na/c1-8(2)7-14-10-6-4-3-5-9(10)11(12)13;/h3-6,8H,7H2,1-2H3,(H,12,13);/q;+1/p-1. The molecule has 0 fully saturated rings. The van der Waals surface area contributed by atoms with Crippen LogP contribution in [0.1, 0.15) is 24.2 Å². The van der Waals surface area contributed by atoms with E-state index in [0.29, 0.717) is 18.3 Å². The van der Waals surface area contributed by atoms with E-state index in [-0.39, 0.29) is 35.1 Å². The summed E-state index contributed by atoms with van der Waals surface area (Å²) in [5.74, 6) is -0.463. The van der Waals surface area contributed by atoms with E-state index in [1.54, 1.807) is 18.2 Å². The Morgan fingerprint density at radius 2 is 2.00 bits per heavy atom. The Balaban J connectivity index is 0.00000196. The maximum absolute atomic E-state index is 10.7. The molecule has 0 spiro atoms. The molecule has 0 heterocycles. The van der Waals surface area contributed by atoms with E-state index in [0.717, 1.165) is 0 Å².